The number of carbonyl (C=O) groups excluding carboxylic acids is 1. The van der Waals surface area contributed by atoms with Crippen LogP contribution in [0.15, 0.2) is 0 Å². The first-order chi connectivity index (χ1) is 7.22. The Hall–Kier alpha value is -0.610. The van der Waals surface area contributed by atoms with E-state index in [2.05, 4.69) is 0 Å². The molecule has 0 saturated heterocycles. The van der Waals surface area contributed by atoms with Gasteiger partial charge in [-0.3, -0.25) is 4.79 Å². The van der Waals surface area contributed by atoms with Gasteiger partial charge in [-0.05, 0) is 26.3 Å². The van der Waals surface area contributed by atoms with Gasteiger partial charge >= 0.3 is 0 Å². The summed E-state index contributed by atoms with van der Waals surface area (Å²) in [6, 6.07) is 0. The number of ether oxygens (including phenoxy) is 1. The predicted molar refractivity (Wildman–Crippen MR) is 61.7 cm³/mol. The molecule has 0 fully saturated rings. The molecule has 0 bridgehead atoms. The van der Waals surface area contributed by atoms with E-state index in [0.29, 0.717) is 32.7 Å². The average molecular weight is 216 g/mol. The molecule has 0 heterocycles. The van der Waals surface area contributed by atoms with Gasteiger partial charge in [0.15, 0.2) is 0 Å². The van der Waals surface area contributed by atoms with Gasteiger partial charge in [0.1, 0.15) is 0 Å². The summed E-state index contributed by atoms with van der Waals surface area (Å²) in [5, 5.41) is 0. The fourth-order valence-electron chi connectivity index (χ4n) is 1.26. The predicted octanol–water partition coefficient (Wildman–Crippen LogP) is 1.00. The minimum atomic E-state index is 0.201. The zero-order chi connectivity index (χ0) is 11.5. The van der Waals surface area contributed by atoms with E-state index in [4.69, 9.17) is 10.5 Å². The van der Waals surface area contributed by atoms with Crippen LogP contribution in [0.4, 0.5) is 0 Å². The fraction of sp³-hybridized carbons (Fsp3) is 0.909. The van der Waals surface area contributed by atoms with E-state index in [9.17, 15) is 4.79 Å². The van der Waals surface area contributed by atoms with E-state index in [1.54, 1.807) is 4.90 Å². The molecule has 0 radical (unpaired) electrons. The van der Waals surface area contributed by atoms with Gasteiger partial charge in [-0.1, -0.05) is 6.42 Å². The highest BCUT2D eigenvalue weighted by Gasteiger charge is 2.07. The van der Waals surface area contributed by atoms with Gasteiger partial charge in [0, 0.05) is 26.6 Å². The Morgan fingerprint density at radius 3 is 2.67 bits per heavy atom. The number of nitrogens with zero attached hydrogens (tertiary/aromatic N) is 1. The van der Waals surface area contributed by atoms with Crippen molar-refractivity contribution >= 4 is 5.91 Å². The smallest absolute Gasteiger partial charge is 0.222 e. The Kier molecular flexibility index (Phi) is 9.52. The van der Waals surface area contributed by atoms with Gasteiger partial charge in [0.25, 0.3) is 0 Å². The van der Waals surface area contributed by atoms with Crippen molar-refractivity contribution in [3.63, 3.8) is 0 Å². The van der Waals surface area contributed by atoms with E-state index >= 15 is 0 Å². The van der Waals surface area contributed by atoms with Crippen LogP contribution in [-0.4, -0.2) is 44.2 Å². The van der Waals surface area contributed by atoms with Crippen LogP contribution in [0.2, 0.25) is 0 Å². The largest absolute Gasteiger partial charge is 0.380 e. The van der Waals surface area contributed by atoms with Crippen molar-refractivity contribution in [3.05, 3.63) is 0 Å². The Labute approximate surface area is 92.8 Å². The highest BCUT2D eigenvalue weighted by molar-refractivity contribution is 5.75. The number of rotatable bonds is 9. The zero-order valence-corrected chi connectivity index (χ0v) is 10.00. The molecule has 0 saturated carbocycles. The van der Waals surface area contributed by atoms with E-state index in [1.807, 2.05) is 14.0 Å². The van der Waals surface area contributed by atoms with Crippen molar-refractivity contribution in [1.29, 1.82) is 0 Å². The van der Waals surface area contributed by atoms with Gasteiger partial charge < -0.3 is 15.4 Å². The van der Waals surface area contributed by atoms with Crippen molar-refractivity contribution in [3.8, 4) is 0 Å². The number of likely N-dealkylation sites (N-methyl/N-ethyl adjacent to an activating group) is 1. The molecule has 0 aliphatic carbocycles. The van der Waals surface area contributed by atoms with Crippen LogP contribution < -0.4 is 5.73 Å². The third-order valence-corrected chi connectivity index (χ3v) is 2.30. The molecule has 0 aromatic rings. The maximum atomic E-state index is 11.5. The average Bonchev–Trinajstić information content (AvgIpc) is 2.24. The summed E-state index contributed by atoms with van der Waals surface area (Å²) in [7, 11) is 1.82. The van der Waals surface area contributed by atoms with Gasteiger partial charge in [-0.15, -0.1) is 0 Å². The van der Waals surface area contributed by atoms with Gasteiger partial charge in [0.2, 0.25) is 5.91 Å². The fourth-order valence-corrected chi connectivity index (χ4v) is 1.26. The number of carbonyl (C=O) groups is 1. The molecule has 0 atom stereocenters. The van der Waals surface area contributed by atoms with Crippen LogP contribution >= 0.6 is 0 Å². The SMILES string of the molecule is CCOCCN(C)C(=O)CCCCCN. The molecule has 0 unspecified atom stereocenters. The van der Waals surface area contributed by atoms with Crippen LogP contribution in [0.25, 0.3) is 0 Å². The van der Waals surface area contributed by atoms with E-state index in [-0.39, 0.29) is 5.91 Å². The lowest BCUT2D eigenvalue weighted by molar-refractivity contribution is -0.130. The molecule has 1 amide bonds. The van der Waals surface area contributed by atoms with Gasteiger partial charge in [-0.25, -0.2) is 0 Å². The van der Waals surface area contributed by atoms with Gasteiger partial charge in [-0.2, -0.15) is 0 Å². The number of hydrogen-bond donors (Lipinski definition) is 1. The number of amides is 1. The zero-order valence-electron chi connectivity index (χ0n) is 10.00. The molecule has 4 nitrogen and oxygen atoms in total. The highest BCUT2D eigenvalue weighted by atomic mass is 16.5. The first kappa shape index (κ1) is 14.4. The van der Waals surface area contributed by atoms with Crippen molar-refractivity contribution < 1.29 is 9.53 Å². The summed E-state index contributed by atoms with van der Waals surface area (Å²) in [4.78, 5) is 13.3. The van der Waals surface area contributed by atoms with Crippen LogP contribution in [-0.2, 0) is 9.53 Å². The summed E-state index contributed by atoms with van der Waals surface area (Å²) in [5.74, 6) is 0.201. The maximum absolute atomic E-state index is 11.5. The first-order valence-electron chi connectivity index (χ1n) is 5.74. The summed E-state index contributed by atoms with van der Waals surface area (Å²) in [6.07, 6.45) is 3.62. The normalized spacial score (nSPS) is 10.3. The summed E-state index contributed by atoms with van der Waals surface area (Å²) in [6.45, 7) is 4.69. The topological polar surface area (TPSA) is 55.6 Å². The molecule has 0 aromatic carbocycles. The maximum Gasteiger partial charge on any atom is 0.222 e. The molecule has 0 aromatic heterocycles. The molecule has 15 heavy (non-hydrogen) atoms. The van der Waals surface area contributed by atoms with E-state index in [1.165, 1.54) is 0 Å². The van der Waals surface area contributed by atoms with E-state index < -0.39 is 0 Å². The lowest BCUT2D eigenvalue weighted by Gasteiger charge is -2.16. The minimum absolute atomic E-state index is 0.201. The monoisotopic (exact) mass is 216 g/mol. The van der Waals surface area contributed by atoms with Crippen LogP contribution in [0.3, 0.4) is 0 Å². The van der Waals surface area contributed by atoms with Crippen molar-refractivity contribution in [2.75, 3.05) is 33.4 Å². The molecular formula is C11H24N2O2. The van der Waals surface area contributed by atoms with Crippen molar-refractivity contribution in [2.24, 2.45) is 5.73 Å². The molecular weight excluding hydrogens is 192 g/mol. The summed E-state index contributed by atoms with van der Waals surface area (Å²) < 4.78 is 5.19. The van der Waals surface area contributed by atoms with Gasteiger partial charge in [0.05, 0.1) is 6.61 Å². The minimum Gasteiger partial charge on any atom is -0.380 e. The molecule has 0 spiro atoms. The third-order valence-electron chi connectivity index (χ3n) is 2.30. The summed E-state index contributed by atoms with van der Waals surface area (Å²) >= 11 is 0. The standard InChI is InChI=1S/C11H24N2O2/c1-3-15-10-9-13(2)11(14)7-5-4-6-8-12/h3-10,12H2,1-2H3. The quantitative estimate of drug-likeness (QED) is 0.585. The third kappa shape index (κ3) is 8.39. The first-order valence-corrected chi connectivity index (χ1v) is 5.74. The number of nitrogens with two attached hydrogens (primary N) is 1. The van der Waals surface area contributed by atoms with E-state index in [0.717, 1.165) is 19.3 Å². The lowest BCUT2D eigenvalue weighted by atomic mass is 10.2. The molecule has 90 valence electrons. The Balaban J connectivity index is 3.42. The van der Waals surface area contributed by atoms with Crippen molar-refractivity contribution in [1.82, 2.24) is 4.90 Å². The van der Waals surface area contributed by atoms with Crippen LogP contribution in [0.1, 0.15) is 32.6 Å². The molecule has 2 N–H and O–H groups in total. The molecule has 0 rings (SSSR count). The Bertz CT molecular complexity index is 163. The second-order valence-electron chi connectivity index (χ2n) is 3.61. The van der Waals surface area contributed by atoms with Crippen LogP contribution in [0.5, 0.6) is 0 Å². The second kappa shape index (κ2) is 9.93. The Morgan fingerprint density at radius 2 is 2.07 bits per heavy atom. The number of unbranched alkanes of at least 4 members (excludes halogenated alkanes) is 2. The molecule has 0 aliphatic heterocycles. The molecule has 4 heteroatoms. The summed E-state index contributed by atoms with van der Waals surface area (Å²) in [5.41, 5.74) is 5.37. The number of hydrogen-bond acceptors (Lipinski definition) is 3. The van der Waals surface area contributed by atoms with Crippen LogP contribution in [0, 0.1) is 0 Å². The Morgan fingerprint density at radius 1 is 1.33 bits per heavy atom. The molecule has 0 aliphatic rings. The second-order valence-corrected chi connectivity index (χ2v) is 3.61. The van der Waals surface area contributed by atoms with Crippen molar-refractivity contribution in [2.45, 2.75) is 32.6 Å². The lowest BCUT2D eigenvalue weighted by Crippen LogP contribution is -2.29. The highest BCUT2D eigenvalue weighted by Crippen LogP contribution is 2.01.